The molecule has 2 N–H and O–H groups in total. The number of carbonyl (C=O) groups is 3. The molecule has 8 heteroatoms. The molecule has 0 radical (unpaired) electrons. The first-order valence-electron chi connectivity index (χ1n) is 11.6. The maximum Gasteiger partial charge on any atom is 0.407 e. The average Bonchev–Trinajstić information content (AvgIpc) is 3.59. The van der Waals surface area contributed by atoms with Crippen molar-refractivity contribution in [1.29, 1.82) is 0 Å². The predicted molar refractivity (Wildman–Crippen MR) is 128 cm³/mol. The maximum atomic E-state index is 13.3. The molecule has 2 amide bonds. The van der Waals surface area contributed by atoms with E-state index in [9.17, 15) is 19.5 Å². The Morgan fingerprint density at radius 3 is 2.09 bits per heavy atom. The molecule has 0 saturated heterocycles. The summed E-state index contributed by atoms with van der Waals surface area (Å²) in [7, 11) is 3.59. The van der Waals surface area contributed by atoms with Crippen LogP contribution in [0.3, 0.4) is 0 Å². The molecule has 0 aliphatic heterocycles. The number of rotatable bonds is 9. The molecule has 1 unspecified atom stereocenters. The highest BCUT2D eigenvalue weighted by Gasteiger charge is 2.41. The topological polar surface area (TPSA) is 99.2 Å². The van der Waals surface area contributed by atoms with E-state index in [0.29, 0.717) is 0 Å². The Labute approximate surface area is 199 Å². The maximum absolute atomic E-state index is 13.3. The number of hydrogen-bond donors (Lipinski definition) is 2. The van der Waals surface area contributed by atoms with E-state index in [-0.39, 0.29) is 25.1 Å². The lowest BCUT2D eigenvalue weighted by Gasteiger charge is -2.31. The lowest BCUT2D eigenvalue weighted by Crippen LogP contribution is -2.57. The van der Waals surface area contributed by atoms with Crippen LogP contribution in [0.15, 0.2) is 48.5 Å². The second-order valence-electron chi connectivity index (χ2n) is 9.28. The molecule has 2 aliphatic rings. The minimum absolute atomic E-state index is 0.0869. The molecule has 0 bridgehead atoms. The first-order chi connectivity index (χ1) is 16.3. The lowest BCUT2D eigenvalue weighted by atomic mass is 9.98. The van der Waals surface area contributed by atoms with Crippen LogP contribution in [-0.2, 0) is 14.3 Å². The van der Waals surface area contributed by atoms with E-state index in [1.807, 2.05) is 36.4 Å². The minimum Gasteiger partial charge on any atom is -0.480 e. The van der Waals surface area contributed by atoms with E-state index in [4.69, 9.17) is 4.74 Å². The van der Waals surface area contributed by atoms with E-state index in [1.165, 1.54) is 11.8 Å². The number of benzene rings is 2. The molecule has 2 aliphatic carbocycles. The number of nitrogens with one attached hydrogen (secondary N) is 1. The van der Waals surface area contributed by atoms with Crippen LogP contribution in [-0.4, -0.2) is 78.2 Å². The number of ether oxygens (including phenoxy) is 1. The van der Waals surface area contributed by atoms with Gasteiger partial charge in [-0.05, 0) is 56.1 Å². The van der Waals surface area contributed by atoms with Gasteiger partial charge in [-0.15, -0.1) is 0 Å². The molecule has 180 valence electrons. The van der Waals surface area contributed by atoms with Crippen LogP contribution in [0.1, 0.15) is 36.8 Å². The molecule has 1 saturated carbocycles. The summed E-state index contributed by atoms with van der Waals surface area (Å²) >= 11 is 0. The second kappa shape index (κ2) is 9.85. The summed E-state index contributed by atoms with van der Waals surface area (Å²) in [6.07, 6.45) is 0.840. The number of carboxylic acids is 1. The van der Waals surface area contributed by atoms with E-state index < -0.39 is 30.1 Å². The van der Waals surface area contributed by atoms with Crippen LogP contribution in [0.5, 0.6) is 0 Å². The zero-order valence-corrected chi connectivity index (χ0v) is 19.7. The zero-order valence-electron chi connectivity index (χ0n) is 19.7. The van der Waals surface area contributed by atoms with Crippen molar-refractivity contribution >= 4 is 18.0 Å². The van der Waals surface area contributed by atoms with Gasteiger partial charge in [0, 0.05) is 18.5 Å². The molecule has 2 aromatic rings. The van der Waals surface area contributed by atoms with E-state index in [0.717, 1.165) is 35.1 Å². The molecule has 2 atom stereocenters. The number of likely N-dealkylation sites (N-methyl/N-ethyl adjacent to an activating group) is 1. The predicted octanol–water partition coefficient (Wildman–Crippen LogP) is 2.92. The molecule has 0 spiro atoms. The van der Waals surface area contributed by atoms with Crippen LogP contribution < -0.4 is 5.32 Å². The number of hydrogen-bond acceptors (Lipinski definition) is 5. The Bertz CT molecular complexity index is 1040. The fraction of sp³-hybridized carbons (Fsp3) is 0.423. The summed E-state index contributed by atoms with van der Waals surface area (Å²) < 4.78 is 5.61. The number of carbonyl (C=O) groups excluding carboxylic acids is 2. The van der Waals surface area contributed by atoms with Crippen LogP contribution in [0, 0.1) is 0 Å². The van der Waals surface area contributed by atoms with Gasteiger partial charge < -0.3 is 25.0 Å². The third-order valence-electron chi connectivity index (χ3n) is 6.45. The quantitative estimate of drug-likeness (QED) is 0.591. The zero-order chi connectivity index (χ0) is 24.4. The molecular weight excluding hydrogens is 434 g/mol. The second-order valence-corrected chi connectivity index (χ2v) is 9.28. The summed E-state index contributed by atoms with van der Waals surface area (Å²) in [6.45, 7) is 1.87. The van der Waals surface area contributed by atoms with Gasteiger partial charge in [0.25, 0.3) is 0 Å². The number of alkyl carbamates (subject to hydrolysis) is 1. The Morgan fingerprint density at radius 2 is 1.59 bits per heavy atom. The minimum atomic E-state index is -1.06. The average molecular weight is 466 g/mol. The van der Waals surface area contributed by atoms with Crippen LogP contribution in [0.25, 0.3) is 11.1 Å². The highest BCUT2D eigenvalue weighted by Crippen LogP contribution is 2.44. The van der Waals surface area contributed by atoms with Gasteiger partial charge in [0.15, 0.2) is 0 Å². The van der Waals surface area contributed by atoms with Gasteiger partial charge in [-0.1, -0.05) is 48.5 Å². The fourth-order valence-electron chi connectivity index (χ4n) is 4.67. The SMILES string of the molecule is CC(C(=O)O)N(C(=O)[C@H](CN(C)C)NC(=O)OCC1c2ccccc2-c2ccccc21)C1CC1. The summed E-state index contributed by atoms with van der Waals surface area (Å²) in [4.78, 5) is 40.8. The van der Waals surface area contributed by atoms with Crippen molar-refractivity contribution in [2.75, 3.05) is 27.2 Å². The monoisotopic (exact) mass is 465 g/mol. The molecule has 4 rings (SSSR count). The van der Waals surface area contributed by atoms with Crippen LogP contribution in [0.2, 0.25) is 0 Å². The van der Waals surface area contributed by atoms with Gasteiger partial charge in [-0.25, -0.2) is 9.59 Å². The highest BCUT2D eigenvalue weighted by molar-refractivity contribution is 5.90. The smallest absolute Gasteiger partial charge is 0.407 e. The van der Waals surface area contributed by atoms with Crippen LogP contribution >= 0.6 is 0 Å². The van der Waals surface area contributed by atoms with Gasteiger partial charge in [0.05, 0.1) is 0 Å². The molecule has 2 aromatic carbocycles. The van der Waals surface area contributed by atoms with E-state index in [1.54, 1.807) is 19.0 Å². The van der Waals surface area contributed by atoms with Crippen molar-refractivity contribution in [1.82, 2.24) is 15.1 Å². The van der Waals surface area contributed by atoms with Crippen molar-refractivity contribution < 1.29 is 24.2 Å². The van der Waals surface area contributed by atoms with Crippen molar-refractivity contribution in [3.8, 4) is 11.1 Å². The Hall–Kier alpha value is -3.39. The number of aliphatic carboxylic acids is 1. The molecule has 1 fully saturated rings. The van der Waals surface area contributed by atoms with Gasteiger partial charge in [-0.2, -0.15) is 0 Å². The van der Waals surface area contributed by atoms with Crippen molar-refractivity contribution in [3.05, 3.63) is 59.7 Å². The van der Waals surface area contributed by atoms with Gasteiger partial charge in [0.1, 0.15) is 18.7 Å². The summed E-state index contributed by atoms with van der Waals surface area (Å²) in [5, 5.41) is 12.2. The van der Waals surface area contributed by atoms with Gasteiger partial charge >= 0.3 is 12.1 Å². The first kappa shape index (κ1) is 23.8. The summed E-state index contributed by atoms with van der Waals surface area (Å²) in [5.41, 5.74) is 4.48. The van der Waals surface area contributed by atoms with Crippen molar-refractivity contribution in [2.45, 2.75) is 43.8 Å². The Kier molecular flexibility index (Phi) is 6.88. The largest absolute Gasteiger partial charge is 0.480 e. The van der Waals surface area contributed by atoms with Gasteiger partial charge in [0.2, 0.25) is 5.91 Å². The third kappa shape index (κ3) is 4.92. The number of amides is 2. The van der Waals surface area contributed by atoms with E-state index in [2.05, 4.69) is 17.4 Å². The Balaban J connectivity index is 1.46. The molecular formula is C26H31N3O5. The number of nitrogens with zero attached hydrogens (tertiary/aromatic N) is 2. The normalized spacial score (nSPS) is 16.4. The van der Waals surface area contributed by atoms with E-state index >= 15 is 0 Å². The van der Waals surface area contributed by atoms with Crippen molar-refractivity contribution in [3.63, 3.8) is 0 Å². The number of fused-ring (bicyclic) bond motifs is 3. The highest BCUT2D eigenvalue weighted by atomic mass is 16.5. The molecule has 8 nitrogen and oxygen atoms in total. The van der Waals surface area contributed by atoms with Crippen LogP contribution in [0.4, 0.5) is 4.79 Å². The fourth-order valence-corrected chi connectivity index (χ4v) is 4.67. The lowest BCUT2D eigenvalue weighted by molar-refractivity contribution is -0.151. The standard InChI is InChI=1S/C26H31N3O5/c1-16(25(31)32)29(17-12-13-17)24(30)23(14-28(2)3)27-26(33)34-15-22-20-10-6-4-8-18(20)19-9-5-7-11-21(19)22/h4-11,16-17,22-23H,12-15H2,1-3H3,(H,27,33)(H,31,32)/t16?,23-/m0/s1. The number of carboxylic acid groups (broad SMARTS) is 1. The summed E-state index contributed by atoms with van der Waals surface area (Å²) in [5.74, 6) is -1.55. The molecule has 0 heterocycles. The van der Waals surface area contributed by atoms with Crippen molar-refractivity contribution in [2.24, 2.45) is 0 Å². The third-order valence-corrected chi connectivity index (χ3v) is 6.45. The van der Waals surface area contributed by atoms with Gasteiger partial charge in [-0.3, -0.25) is 4.79 Å². The molecule has 0 aromatic heterocycles. The first-order valence-corrected chi connectivity index (χ1v) is 11.6. The summed E-state index contributed by atoms with van der Waals surface area (Å²) in [6, 6.07) is 14.2. The Morgan fingerprint density at radius 1 is 1.03 bits per heavy atom. The molecule has 34 heavy (non-hydrogen) atoms.